The van der Waals surface area contributed by atoms with Crippen LogP contribution in [0.4, 0.5) is 0 Å². The molecule has 0 saturated carbocycles. The summed E-state index contributed by atoms with van der Waals surface area (Å²) < 4.78 is 10.9. The number of nitrogens with zero attached hydrogens (tertiary/aromatic N) is 1. The summed E-state index contributed by atoms with van der Waals surface area (Å²) in [6, 6.07) is 13.4. The van der Waals surface area contributed by atoms with Gasteiger partial charge in [-0.15, -0.1) is 0 Å². The van der Waals surface area contributed by atoms with Crippen LogP contribution in [0, 0.1) is 18.3 Å². The second-order valence-electron chi connectivity index (χ2n) is 6.64. The lowest BCUT2D eigenvalue weighted by Crippen LogP contribution is -2.07. The Morgan fingerprint density at radius 2 is 1.78 bits per heavy atom. The summed E-state index contributed by atoms with van der Waals surface area (Å²) in [7, 11) is 0. The van der Waals surface area contributed by atoms with Crippen molar-refractivity contribution in [1.82, 2.24) is 0 Å². The summed E-state index contributed by atoms with van der Waals surface area (Å²) in [4.78, 5) is 12.1. The van der Waals surface area contributed by atoms with Crippen molar-refractivity contribution in [3.63, 3.8) is 0 Å². The van der Waals surface area contributed by atoms with Crippen molar-refractivity contribution >= 4 is 12.0 Å². The zero-order chi connectivity index (χ0) is 19.5. The van der Waals surface area contributed by atoms with E-state index in [0.717, 1.165) is 24.8 Å². The van der Waals surface area contributed by atoms with Crippen LogP contribution in [0.15, 0.2) is 46.4 Å². The van der Waals surface area contributed by atoms with Gasteiger partial charge in [0.2, 0.25) is 0 Å². The van der Waals surface area contributed by atoms with Crippen LogP contribution < -0.4 is 0 Å². The molecule has 0 aliphatic heterocycles. The molecule has 0 fully saturated rings. The first-order valence-corrected chi connectivity index (χ1v) is 9.60. The number of carbonyl (C=O) groups is 1. The minimum absolute atomic E-state index is 0.0502. The van der Waals surface area contributed by atoms with Crippen molar-refractivity contribution in [2.24, 2.45) is 0 Å². The van der Waals surface area contributed by atoms with Gasteiger partial charge in [-0.05, 0) is 25.5 Å². The van der Waals surface area contributed by atoms with Crippen molar-refractivity contribution in [2.75, 3.05) is 6.61 Å². The predicted octanol–water partition coefficient (Wildman–Crippen LogP) is 6.07. The molecule has 0 atom stereocenters. The van der Waals surface area contributed by atoms with E-state index in [9.17, 15) is 10.1 Å². The van der Waals surface area contributed by atoms with Gasteiger partial charge in [-0.2, -0.15) is 5.26 Å². The first kappa shape index (κ1) is 20.5. The van der Waals surface area contributed by atoms with Gasteiger partial charge >= 0.3 is 5.97 Å². The molecule has 0 unspecified atom stereocenters. The van der Waals surface area contributed by atoms with Crippen LogP contribution in [0.3, 0.4) is 0 Å². The number of unbranched alkanes of at least 4 members (excludes halogenated alkanes) is 5. The van der Waals surface area contributed by atoms with Gasteiger partial charge in [0.1, 0.15) is 23.2 Å². The molecule has 4 heteroatoms. The molecule has 1 heterocycles. The molecule has 0 spiro atoms. The van der Waals surface area contributed by atoms with E-state index in [-0.39, 0.29) is 5.57 Å². The zero-order valence-electron chi connectivity index (χ0n) is 16.2. The fourth-order valence-corrected chi connectivity index (χ4v) is 2.71. The molecule has 1 aromatic carbocycles. The highest BCUT2D eigenvalue weighted by Gasteiger charge is 2.12. The Kier molecular flexibility index (Phi) is 8.38. The predicted molar refractivity (Wildman–Crippen MR) is 107 cm³/mol. The third-order valence-electron chi connectivity index (χ3n) is 4.32. The zero-order valence-corrected chi connectivity index (χ0v) is 16.2. The van der Waals surface area contributed by atoms with E-state index in [4.69, 9.17) is 9.15 Å². The van der Waals surface area contributed by atoms with E-state index in [1.54, 1.807) is 6.07 Å². The molecule has 2 aromatic rings. The van der Waals surface area contributed by atoms with Crippen molar-refractivity contribution in [1.29, 1.82) is 5.26 Å². The molecule has 27 heavy (non-hydrogen) atoms. The Morgan fingerprint density at radius 1 is 1.07 bits per heavy atom. The van der Waals surface area contributed by atoms with Gasteiger partial charge in [0.15, 0.2) is 0 Å². The summed E-state index contributed by atoms with van der Waals surface area (Å²) in [6.45, 7) is 4.55. The third-order valence-corrected chi connectivity index (χ3v) is 4.32. The topological polar surface area (TPSA) is 63.2 Å². The SMILES string of the molecule is CCCCCCCCOC(=O)C(C#N)=Cc1ccc(-c2ccc(C)cc2)o1. The molecule has 0 N–H and O–H groups in total. The van der Waals surface area contributed by atoms with Crippen LogP contribution >= 0.6 is 0 Å². The number of esters is 1. The fourth-order valence-electron chi connectivity index (χ4n) is 2.71. The number of hydrogen-bond donors (Lipinski definition) is 0. The lowest BCUT2D eigenvalue weighted by Gasteiger charge is -2.03. The number of carbonyl (C=O) groups excluding carboxylic acids is 1. The van der Waals surface area contributed by atoms with Gasteiger partial charge in [-0.3, -0.25) is 0 Å². The van der Waals surface area contributed by atoms with Crippen LogP contribution in [0.1, 0.15) is 56.8 Å². The molecule has 142 valence electrons. The Hall–Kier alpha value is -2.80. The van der Waals surface area contributed by atoms with Crippen molar-refractivity contribution in [2.45, 2.75) is 52.4 Å². The van der Waals surface area contributed by atoms with Crippen molar-refractivity contribution in [3.8, 4) is 17.4 Å². The highest BCUT2D eigenvalue weighted by atomic mass is 16.5. The third kappa shape index (κ3) is 6.79. The fraction of sp³-hybridized carbons (Fsp3) is 0.391. The van der Waals surface area contributed by atoms with Crippen LogP contribution in [-0.4, -0.2) is 12.6 Å². The van der Waals surface area contributed by atoms with Gasteiger partial charge < -0.3 is 9.15 Å². The molecule has 0 bridgehead atoms. The minimum atomic E-state index is -0.598. The Balaban J connectivity index is 1.89. The van der Waals surface area contributed by atoms with Crippen molar-refractivity contribution in [3.05, 3.63) is 53.3 Å². The lowest BCUT2D eigenvalue weighted by molar-refractivity contribution is -0.138. The first-order valence-electron chi connectivity index (χ1n) is 9.60. The van der Waals surface area contributed by atoms with Gasteiger partial charge in [-0.25, -0.2) is 4.79 Å². The first-order chi connectivity index (χ1) is 13.1. The normalized spacial score (nSPS) is 11.2. The van der Waals surface area contributed by atoms with Crippen LogP contribution in [-0.2, 0) is 9.53 Å². The molecular formula is C23H27NO3. The second-order valence-corrected chi connectivity index (χ2v) is 6.64. The average Bonchev–Trinajstić information content (AvgIpc) is 3.14. The van der Waals surface area contributed by atoms with E-state index in [0.29, 0.717) is 18.1 Å². The molecule has 0 amide bonds. The summed E-state index contributed by atoms with van der Waals surface area (Å²) in [5.74, 6) is 0.553. The standard InChI is InChI=1S/C23H27NO3/c1-3-4-5-6-7-8-15-26-23(25)20(17-24)16-21-13-14-22(27-21)19-11-9-18(2)10-12-19/h9-14,16H,3-8,15H2,1-2H3. The highest BCUT2D eigenvalue weighted by molar-refractivity contribution is 5.97. The largest absolute Gasteiger partial charge is 0.462 e. The maximum atomic E-state index is 12.1. The smallest absolute Gasteiger partial charge is 0.349 e. The second kappa shape index (κ2) is 11.0. The van der Waals surface area contributed by atoms with E-state index >= 15 is 0 Å². The van der Waals surface area contributed by atoms with Crippen LogP contribution in [0.2, 0.25) is 0 Å². The highest BCUT2D eigenvalue weighted by Crippen LogP contribution is 2.24. The van der Waals surface area contributed by atoms with E-state index in [2.05, 4.69) is 6.92 Å². The molecule has 0 aliphatic carbocycles. The number of nitriles is 1. The molecule has 4 nitrogen and oxygen atoms in total. The number of hydrogen-bond acceptors (Lipinski definition) is 4. The lowest BCUT2D eigenvalue weighted by atomic mass is 10.1. The summed E-state index contributed by atoms with van der Waals surface area (Å²) in [6.07, 6.45) is 8.12. The minimum Gasteiger partial charge on any atom is -0.462 e. The summed E-state index contributed by atoms with van der Waals surface area (Å²) >= 11 is 0. The Bertz CT molecular complexity index is 794. The maximum absolute atomic E-state index is 12.1. The summed E-state index contributed by atoms with van der Waals surface area (Å²) in [5.41, 5.74) is 2.07. The van der Waals surface area contributed by atoms with Crippen molar-refractivity contribution < 1.29 is 13.9 Å². The number of aryl methyl sites for hydroxylation is 1. The molecule has 0 radical (unpaired) electrons. The number of ether oxygens (including phenoxy) is 1. The maximum Gasteiger partial charge on any atom is 0.349 e. The average molecular weight is 365 g/mol. The molecular weight excluding hydrogens is 338 g/mol. The monoisotopic (exact) mass is 365 g/mol. The molecule has 2 rings (SSSR count). The molecule has 0 saturated heterocycles. The number of rotatable bonds is 10. The summed E-state index contributed by atoms with van der Waals surface area (Å²) in [5, 5.41) is 9.25. The van der Waals surface area contributed by atoms with Gasteiger partial charge in [0, 0.05) is 11.6 Å². The number of furan rings is 1. The Morgan fingerprint density at radius 3 is 2.48 bits per heavy atom. The van der Waals surface area contributed by atoms with E-state index in [1.165, 1.54) is 30.9 Å². The van der Waals surface area contributed by atoms with E-state index < -0.39 is 5.97 Å². The molecule has 0 aliphatic rings. The molecule has 1 aromatic heterocycles. The van der Waals surface area contributed by atoms with Crippen LogP contribution in [0.5, 0.6) is 0 Å². The Labute approximate surface area is 161 Å². The quantitative estimate of drug-likeness (QED) is 0.222. The van der Waals surface area contributed by atoms with Gasteiger partial charge in [-0.1, -0.05) is 68.9 Å². The number of benzene rings is 1. The van der Waals surface area contributed by atoms with Crippen LogP contribution in [0.25, 0.3) is 17.4 Å². The van der Waals surface area contributed by atoms with Gasteiger partial charge in [0.05, 0.1) is 6.61 Å². The van der Waals surface area contributed by atoms with Gasteiger partial charge in [0.25, 0.3) is 0 Å². The van der Waals surface area contributed by atoms with E-state index in [1.807, 2.05) is 43.3 Å².